The summed E-state index contributed by atoms with van der Waals surface area (Å²) in [6.45, 7) is 3.80. The minimum atomic E-state index is -0.612. The molecular weight excluding hydrogens is 296 g/mol. The smallest absolute Gasteiger partial charge is 0.317 e. The minimum absolute atomic E-state index is 0.283. The monoisotopic (exact) mass is 310 g/mol. The number of carbonyl (C=O) groups excluding carboxylic acids is 1. The summed E-state index contributed by atoms with van der Waals surface area (Å²) in [6, 6.07) is 8.59. The number of ether oxygens (including phenoxy) is 1. The molecule has 0 bridgehead atoms. The van der Waals surface area contributed by atoms with Crippen LogP contribution in [-0.2, 0) is 9.53 Å². The molecule has 2 unspecified atom stereocenters. The van der Waals surface area contributed by atoms with Gasteiger partial charge in [-0.1, -0.05) is 17.2 Å². The number of benzene rings is 1. The lowest BCUT2D eigenvalue weighted by atomic mass is 9.88. The zero-order chi connectivity index (χ0) is 16.4. The molecule has 0 radical (unpaired) electrons. The number of fused-ring (bicyclic) bond motifs is 1. The summed E-state index contributed by atoms with van der Waals surface area (Å²) >= 11 is 0. The molecule has 23 heavy (non-hydrogen) atoms. The molecule has 116 valence electrons. The van der Waals surface area contributed by atoms with Crippen molar-refractivity contribution < 1.29 is 9.53 Å². The summed E-state index contributed by atoms with van der Waals surface area (Å²) in [4.78, 5) is 16.7. The van der Waals surface area contributed by atoms with Crippen LogP contribution in [0.3, 0.4) is 0 Å². The van der Waals surface area contributed by atoms with Gasteiger partial charge in [0, 0.05) is 5.71 Å². The van der Waals surface area contributed by atoms with E-state index in [-0.39, 0.29) is 12.6 Å². The SMILES string of the molecule is CCOC(=O)C1C(C)=Nc2nnnn2C1c1ccc(C#N)cc1. The first-order chi connectivity index (χ1) is 11.2. The molecular formula is C15H14N6O2. The van der Waals surface area contributed by atoms with Gasteiger partial charge in [-0.3, -0.25) is 4.79 Å². The molecule has 3 rings (SSSR count). The van der Waals surface area contributed by atoms with Gasteiger partial charge in [-0.05, 0) is 42.0 Å². The van der Waals surface area contributed by atoms with Gasteiger partial charge in [0.2, 0.25) is 0 Å². The molecule has 0 N–H and O–H groups in total. The first kappa shape index (κ1) is 14.8. The van der Waals surface area contributed by atoms with Crippen LogP contribution in [0, 0.1) is 17.2 Å². The Kier molecular flexibility index (Phi) is 3.85. The molecule has 1 aliphatic rings. The molecule has 2 atom stereocenters. The first-order valence-corrected chi connectivity index (χ1v) is 7.15. The van der Waals surface area contributed by atoms with Gasteiger partial charge in [-0.15, -0.1) is 0 Å². The van der Waals surface area contributed by atoms with Crippen LogP contribution >= 0.6 is 0 Å². The van der Waals surface area contributed by atoms with Gasteiger partial charge >= 0.3 is 5.97 Å². The molecule has 1 aromatic heterocycles. The maximum Gasteiger partial charge on any atom is 0.317 e. The van der Waals surface area contributed by atoms with Crippen molar-refractivity contribution in [1.82, 2.24) is 20.2 Å². The van der Waals surface area contributed by atoms with E-state index < -0.39 is 12.0 Å². The average Bonchev–Trinajstić information content (AvgIpc) is 3.01. The zero-order valence-electron chi connectivity index (χ0n) is 12.7. The Morgan fingerprint density at radius 3 is 2.78 bits per heavy atom. The van der Waals surface area contributed by atoms with Crippen molar-refractivity contribution in [3.63, 3.8) is 0 Å². The van der Waals surface area contributed by atoms with E-state index in [1.165, 1.54) is 4.68 Å². The fourth-order valence-electron chi connectivity index (χ4n) is 2.66. The van der Waals surface area contributed by atoms with Crippen LogP contribution in [-0.4, -0.2) is 38.5 Å². The van der Waals surface area contributed by atoms with Gasteiger partial charge < -0.3 is 4.74 Å². The highest BCUT2D eigenvalue weighted by Gasteiger charge is 2.40. The Hall–Kier alpha value is -3.08. The highest BCUT2D eigenvalue weighted by molar-refractivity contribution is 6.03. The number of hydrogen-bond acceptors (Lipinski definition) is 7. The number of rotatable bonds is 3. The number of aromatic nitrogens is 4. The van der Waals surface area contributed by atoms with Gasteiger partial charge in [-0.2, -0.15) is 5.26 Å². The second-order valence-corrected chi connectivity index (χ2v) is 5.09. The number of nitriles is 1. The van der Waals surface area contributed by atoms with Crippen molar-refractivity contribution in [3.05, 3.63) is 35.4 Å². The molecule has 2 heterocycles. The molecule has 0 saturated heterocycles. The van der Waals surface area contributed by atoms with Gasteiger partial charge in [0.15, 0.2) is 0 Å². The number of esters is 1. The van der Waals surface area contributed by atoms with Gasteiger partial charge in [0.25, 0.3) is 5.95 Å². The molecule has 0 aliphatic carbocycles. The molecule has 0 amide bonds. The predicted molar refractivity (Wildman–Crippen MR) is 80.0 cm³/mol. The average molecular weight is 310 g/mol. The lowest BCUT2D eigenvalue weighted by Gasteiger charge is -2.29. The van der Waals surface area contributed by atoms with Crippen LogP contribution in [0.15, 0.2) is 29.3 Å². The van der Waals surface area contributed by atoms with E-state index in [1.807, 2.05) is 0 Å². The van der Waals surface area contributed by atoms with E-state index in [2.05, 4.69) is 26.6 Å². The van der Waals surface area contributed by atoms with Crippen LogP contribution in [0.25, 0.3) is 0 Å². The number of carbonyl (C=O) groups is 1. The standard InChI is InChI=1S/C15H14N6O2/c1-3-23-14(22)12-9(2)17-15-18-19-20-21(15)13(12)11-6-4-10(8-16)5-7-11/h4-7,12-13H,3H2,1-2H3. The lowest BCUT2D eigenvalue weighted by molar-refractivity contribution is -0.146. The van der Waals surface area contributed by atoms with Crippen molar-refractivity contribution in [2.45, 2.75) is 19.9 Å². The molecule has 8 nitrogen and oxygen atoms in total. The van der Waals surface area contributed by atoms with Crippen molar-refractivity contribution >= 4 is 17.6 Å². The second kappa shape index (κ2) is 5.96. The Balaban J connectivity index is 2.10. The number of tetrazole rings is 1. The highest BCUT2D eigenvalue weighted by Crippen LogP contribution is 2.35. The van der Waals surface area contributed by atoms with Crippen LogP contribution in [0.2, 0.25) is 0 Å². The third-order valence-corrected chi connectivity index (χ3v) is 3.70. The fraction of sp³-hybridized carbons (Fsp3) is 0.333. The third-order valence-electron chi connectivity index (χ3n) is 3.70. The lowest BCUT2D eigenvalue weighted by Crippen LogP contribution is -2.37. The molecule has 0 spiro atoms. The van der Waals surface area contributed by atoms with Gasteiger partial charge in [-0.25, -0.2) is 9.67 Å². The van der Waals surface area contributed by atoms with E-state index >= 15 is 0 Å². The van der Waals surface area contributed by atoms with Crippen molar-refractivity contribution in [2.75, 3.05) is 6.61 Å². The molecule has 1 aliphatic heterocycles. The van der Waals surface area contributed by atoms with E-state index in [0.29, 0.717) is 17.2 Å². The van der Waals surface area contributed by atoms with Crippen LogP contribution in [0.5, 0.6) is 0 Å². The number of nitrogens with zero attached hydrogens (tertiary/aromatic N) is 6. The molecule has 1 aromatic carbocycles. The highest BCUT2D eigenvalue weighted by atomic mass is 16.5. The van der Waals surface area contributed by atoms with Crippen LogP contribution < -0.4 is 0 Å². The molecule has 2 aromatic rings. The van der Waals surface area contributed by atoms with Gasteiger partial charge in [0.05, 0.1) is 18.2 Å². The van der Waals surface area contributed by atoms with E-state index in [4.69, 9.17) is 10.00 Å². The van der Waals surface area contributed by atoms with Crippen molar-refractivity contribution in [1.29, 1.82) is 5.26 Å². The molecule has 8 heteroatoms. The predicted octanol–water partition coefficient (Wildman–Crippen LogP) is 1.42. The number of aliphatic imine (C=N–C) groups is 1. The minimum Gasteiger partial charge on any atom is -0.465 e. The normalized spacial score (nSPS) is 19.4. The Morgan fingerprint density at radius 2 is 2.13 bits per heavy atom. The summed E-state index contributed by atoms with van der Waals surface area (Å²) < 4.78 is 6.70. The summed E-state index contributed by atoms with van der Waals surface area (Å²) in [7, 11) is 0. The molecule has 0 fully saturated rings. The van der Waals surface area contributed by atoms with Gasteiger partial charge in [0.1, 0.15) is 12.0 Å². The Labute approximate surface area is 132 Å². The van der Waals surface area contributed by atoms with Crippen LogP contribution in [0.4, 0.5) is 5.95 Å². The van der Waals surface area contributed by atoms with E-state index in [0.717, 1.165) is 5.56 Å². The quantitative estimate of drug-likeness (QED) is 0.794. The van der Waals surface area contributed by atoms with Crippen LogP contribution in [0.1, 0.15) is 31.0 Å². The maximum atomic E-state index is 12.4. The largest absolute Gasteiger partial charge is 0.465 e. The second-order valence-electron chi connectivity index (χ2n) is 5.09. The molecule has 0 saturated carbocycles. The van der Waals surface area contributed by atoms with E-state index in [1.54, 1.807) is 38.1 Å². The summed E-state index contributed by atoms with van der Waals surface area (Å²) in [6.07, 6.45) is 0. The van der Waals surface area contributed by atoms with E-state index in [9.17, 15) is 4.79 Å². The van der Waals surface area contributed by atoms with Crippen molar-refractivity contribution in [3.8, 4) is 6.07 Å². The first-order valence-electron chi connectivity index (χ1n) is 7.15. The fourth-order valence-corrected chi connectivity index (χ4v) is 2.66. The maximum absolute atomic E-state index is 12.4. The Morgan fingerprint density at radius 1 is 1.39 bits per heavy atom. The topological polar surface area (TPSA) is 106 Å². The number of hydrogen-bond donors (Lipinski definition) is 0. The summed E-state index contributed by atoms with van der Waals surface area (Å²) in [5, 5.41) is 20.4. The Bertz CT molecular complexity index is 802. The summed E-state index contributed by atoms with van der Waals surface area (Å²) in [5.74, 6) is -0.638. The zero-order valence-corrected chi connectivity index (χ0v) is 12.7. The van der Waals surface area contributed by atoms with Crippen molar-refractivity contribution in [2.24, 2.45) is 10.9 Å². The summed E-state index contributed by atoms with van der Waals surface area (Å²) in [5.41, 5.74) is 1.95. The third kappa shape index (κ3) is 2.57.